The molecular weight excluding hydrogens is 577 g/mol. The Balaban J connectivity index is 1.45. The molecule has 3 aromatic rings. The highest BCUT2D eigenvalue weighted by atomic mass is 19.4. The van der Waals surface area contributed by atoms with E-state index in [1.807, 2.05) is 35.2 Å². The number of nitrogens with zero attached hydrogens (tertiary/aromatic N) is 3. The van der Waals surface area contributed by atoms with E-state index in [2.05, 4.69) is 5.32 Å². The third kappa shape index (κ3) is 7.31. The fourth-order valence-electron chi connectivity index (χ4n) is 5.42. The van der Waals surface area contributed by atoms with Crippen LogP contribution in [0.3, 0.4) is 0 Å². The van der Waals surface area contributed by atoms with Crippen molar-refractivity contribution < 1.29 is 37.0 Å². The summed E-state index contributed by atoms with van der Waals surface area (Å²) in [4.78, 5) is 45.4. The molecule has 2 aliphatic rings. The number of carbonyl (C=O) groups excluding carboxylic acids is 3. The van der Waals surface area contributed by atoms with Gasteiger partial charge < -0.3 is 24.6 Å². The van der Waals surface area contributed by atoms with E-state index in [-0.39, 0.29) is 62.5 Å². The van der Waals surface area contributed by atoms with Crippen molar-refractivity contribution in [3.63, 3.8) is 0 Å². The van der Waals surface area contributed by atoms with Crippen LogP contribution in [0.4, 0.5) is 13.2 Å². The number of carbonyl (C=O) groups is 3. The van der Waals surface area contributed by atoms with Gasteiger partial charge in [-0.3, -0.25) is 19.3 Å². The molecule has 0 aromatic heterocycles. The summed E-state index contributed by atoms with van der Waals surface area (Å²) >= 11 is 0. The maximum absolute atomic E-state index is 13.8. The van der Waals surface area contributed by atoms with Gasteiger partial charge in [-0.1, -0.05) is 30.3 Å². The predicted octanol–water partition coefficient (Wildman–Crippen LogP) is 3.69. The largest absolute Gasteiger partial charge is 0.497 e. The van der Waals surface area contributed by atoms with Crippen molar-refractivity contribution in [3.05, 3.63) is 95.1 Å². The molecule has 3 aromatic carbocycles. The number of fused-ring (bicyclic) bond motifs is 2. The Bertz CT molecular complexity index is 1500. The van der Waals surface area contributed by atoms with Gasteiger partial charge in [-0.25, -0.2) is 0 Å². The summed E-state index contributed by atoms with van der Waals surface area (Å²) in [5, 5.41) is 2.68. The topological polar surface area (TPSA) is 91.4 Å². The van der Waals surface area contributed by atoms with E-state index in [1.54, 1.807) is 41.2 Å². The van der Waals surface area contributed by atoms with Crippen molar-refractivity contribution in [3.8, 4) is 11.5 Å². The summed E-state index contributed by atoms with van der Waals surface area (Å²) in [5.41, 5.74) is 0.146. The monoisotopic (exact) mass is 610 g/mol. The number of nitrogens with one attached hydrogen (secondary N) is 1. The Morgan fingerprint density at radius 2 is 1.80 bits per heavy atom. The summed E-state index contributed by atoms with van der Waals surface area (Å²) in [6.07, 6.45) is -4.66. The van der Waals surface area contributed by atoms with Crippen LogP contribution in [-0.2, 0) is 17.5 Å². The summed E-state index contributed by atoms with van der Waals surface area (Å²) < 4.78 is 51.9. The standard InChI is InChI=1S/C32H33F3N4O5/c1-43-26-9-5-6-22(16-26)18-37-13-12-36-30(41)27-17-24(32(33,34)35)10-11-28(27)44-21-25-19-38(14-15-39(25)29(40)20-37)31(42)23-7-3-2-4-8-23/h2-11,16-17,25H,12-15,18-21H2,1H3,(H,36,41)/t25-/m0/s1. The highest BCUT2D eigenvalue weighted by Gasteiger charge is 2.36. The Labute approximate surface area is 253 Å². The minimum Gasteiger partial charge on any atom is -0.497 e. The molecule has 12 heteroatoms. The van der Waals surface area contributed by atoms with Gasteiger partial charge in [-0.2, -0.15) is 13.2 Å². The molecule has 0 unspecified atom stereocenters. The van der Waals surface area contributed by atoms with Crippen molar-refractivity contribution in [1.82, 2.24) is 20.0 Å². The fraction of sp³-hybridized carbons (Fsp3) is 0.344. The Morgan fingerprint density at radius 1 is 1.00 bits per heavy atom. The van der Waals surface area contributed by atoms with Crippen molar-refractivity contribution in [1.29, 1.82) is 0 Å². The van der Waals surface area contributed by atoms with Gasteiger partial charge in [0.05, 0.1) is 30.8 Å². The molecule has 1 atom stereocenters. The Hall–Kier alpha value is -4.58. The van der Waals surface area contributed by atoms with Gasteiger partial charge in [0.2, 0.25) is 5.91 Å². The van der Waals surface area contributed by atoms with Gasteiger partial charge in [0.1, 0.15) is 18.1 Å². The van der Waals surface area contributed by atoms with Crippen LogP contribution in [-0.4, -0.2) is 91.4 Å². The number of halogens is 3. The van der Waals surface area contributed by atoms with Gasteiger partial charge in [-0.05, 0) is 48.0 Å². The predicted molar refractivity (Wildman–Crippen MR) is 155 cm³/mol. The zero-order chi connectivity index (χ0) is 31.3. The molecule has 1 fully saturated rings. The molecule has 2 heterocycles. The number of hydrogen-bond donors (Lipinski definition) is 1. The minimum atomic E-state index is -4.66. The van der Waals surface area contributed by atoms with Gasteiger partial charge in [-0.15, -0.1) is 0 Å². The summed E-state index contributed by atoms with van der Waals surface area (Å²) in [7, 11) is 1.56. The molecule has 5 rings (SSSR count). The van der Waals surface area contributed by atoms with E-state index in [1.165, 1.54) is 0 Å². The number of amides is 3. The highest BCUT2D eigenvalue weighted by Crippen LogP contribution is 2.33. The lowest BCUT2D eigenvalue weighted by Gasteiger charge is -2.42. The zero-order valence-corrected chi connectivity index (χ0v) is 24.2. The molecule has 0 spiro atoms. The first-order valence-corrected chi connectivity index (χ1v) is 14.2. The molecule has 44 heavy (non-hydrogen) atoms. The van der Waals surface area contributed by atoms with Crippen LogP contribution in [0, 0.1) is 0 Å². The second kappa shape index (κ2) is 13.4. The van der Waals surface area contributed by atoms with Crippen LogP contribution < -0.4 is 14.8 Å². The SMILES string of the molecule is COc1cccc(CN2CCNC(=O)c3cc(C(F)(F)F)ccc3OC[C@@H]3CN(C(=O)c4ccccc4)CCN3C(=O)C2)c1. The number of piperazine rings is 1. The first kappa shape index (κ1) is 30.9. The van der Waals surface area contributed by atoms with Gasteiger partial charge >= 0.3 is 6.18 Å². The van der Waals surface area contributed by atoms with Crippen LogP contribution in [0.15, 0.2) is 72.8 Å². The average Bonchev–Trinajstić information content (AvgIpc) is 3.03. The van der Waals surface area contributed by atoms with E-state index >= 15 is 0 Å². The van der Waals surface area contributed by atoms with Gasteiger partial charge in [0, 0.05) is 44.8 Å². The molecule has 9 nitrogen and oxygen atoms in total. The maximum Gasteiger partial charge on any atom is 0.416 e. The summed E-state index contributed by atoms with van der Waals surface area (Å²) in [5.74, 6) is -0.496. The number of alkyl halides is 3. The van der Waals surface area contributed by atoms with Crippen molar-refractivity contribution >= 4 is 17.7 Å². The van der Waals surface area contributed by atoms with E-state index in [4.69, 9.17) is 9.47 Å². The molecule has 232 valence electrons. The third-order valence-electron chi connectivity index (χ3n) is 7.71. The lowest BCUT2D eigenvalue weighted by atomic mass is 10.1. The molecular formula is C32H33F3N4O5. The summed E-state index contributed by atoms with van der Waals surface area (Å²) in [6.45, 7) is 1.27. The van der Waals surface area contributed by atoms with Crippen molar-refractivity contribution in [2.24, 2.45) is 0 Å². The zero-order valence-electron chi connectivity index (χ0n) is 24.2. The first-order valence-electron chi connectivity index (χ1n) is 14.2. The molecule has 3 amide bonds. The molecule has 2 aliphatic heterocycles. The highest BCUT2D eigenvalue weighted by molar-refractivity contribution is 5.97. The normalized spacial score (nSPS) is 18.5. The lowest BCUT2D eigenvalue weighted by Crippen LogP contribution is -2.60. The number of rotatable bonds is 4. The second-order valence-corrected chi connectivity index (χ2v) is 10.7. The van der Waals surface area contributed by atoms with Crippen LogP contribution >= 0.6 is 0 Å². The molecule has 1 N–H and O–H groups in total. The molecule has 0 aliphatic carbocycles. The third-order valence-corrected chi connectivity index (χ3v) is 7.71. The Morgan fingerprint density at radius 3 is 2.55 bits per heavy atom. The van der Waals surface area contributed by atoms with Crippen LogP contribution in [0.2, 0.25) is 0 Å². The van der Waals surface area contributed by atoms with E-state index < -0.39 is 23.7 Å². The quantitative estimate of drug-likeness (QED) is 0.485. The average molecular weight is 611 g/mol. The van der Waals surface area contributed by atoms with Gasteiger partial charge in [0.25, 0.3) is 11.8 Å². The van der Waals surface area contributed by atoms with E-state index in [9.17, 15) is 27.6 Å². The van der Waals surface area contributed by atoms with Crippen molar-refractivity contribution in [2.45, 2.75) is 18.8 Å². The maximum atomic E-state index is 13.8. The smallest absolute Gasteiger partial charge is 0.416 e. The molecule has 0 saturated carbocycles. The minimum absolute atomic E-state index is 0.0153. The number of hydrogen-bond acceptors (Lipinski definition) is 6. The van der Waals surface area contributed by atoms with Gasteiger partial charge in [0.15, 0.2) is 0 Å². The van der Waals surface area contributed by atoms with Crippen LogP contribution in [0.5, 0.6) is 11.5 Å². The number of benzene rings is 3. The van der Waals surface area contributed by atoms with Crippen molar-refractivity contribution in [2.75, 3.05) is 53.0 Å². The number of methoxy groups -OCH3 is 1. The lowest BCUT2D eigenvalue weighted by molar-refractivity contribution is -0.138. The second-order valence-electron chi connectivity index (χ2n) is 10.7. The van der Waals surface area contributed by atoms with Crippen LogP contribution in [0.25, 0.3) is 0 Å². The summed E-state index contributed by atoms with van der Waals surface area (Å²) in [6, 6.07) is 18.3. The molecule has 0 radical (unpaired) electrons. The van der Waals surface area contributed by atoms with E-state index in [0.29, 0.717) is 24.4 Å². The molecule has 0 bridgehead atoms. The number of ether oxygens (including phenoxy) is 2. The van der Waals surface area contributed by atoms with Crippen LogP contribution in [0.1, 0.15) is 31.8 Å². The first-order chi connectivity index (χ1) is 21.1. The van der Waals surface area contributed by atoms with E-state index in [0.717, 1.165) is 23.8 Å². The fourth-order valence-corrected chi connectivity index (χ4v) is 5.42. The Kier molecular flexibility index (Phi) is 9.38. The molecule has 1 saturated heterocycles.